The summed E-state index contributed by atoms with van der Waals surface area (Å²) < 4.78 is 24.2. The van der Waals surface area contributed by atoms with Gasteiger partial charge in [-0.2, -0.15) is 5.26 Å². The van der Waals surface area contributed by atoms with E-state index in [-0.39, 0.29) is 23.6 Å². The molecular weight excluding hydrogens is 427 g/mol. The van der Waals surface area contributed by atoms with Crippen molar-refractivity contribution in [1.29, 1.82) is 5.26 Å². The van der Waals surface area contributed by atoms with Gasteiger partial charge in [0.15, 0.2) is 11.5 Å². The summed E-state index contributed by atoms with van der Waals surface area (Å²) in [6, 6.07) is 18.2. The van der Waals surface area contributed by atoms with E-state index in [1.165, 1.54) is 49.6 Å². The van der Waals surface area contributed by atoms with Crippen molar-refractivity contribution in [2.45, 2.75) is 6.61 Å². The van der Waals surface area contributed by atoms with Gasteiger partial charge in [-0.1, -0.05) is 18.2 Å². The summed E-state index contributed by atoms with van der Waals surface area (Å²) in [6.07, 6.45) is 1.39. The van der Waals surface area contributed by atoms with Gasteiger partial charge in [0.25, 0.3) is 5.91 Å². The number of carboxylic acids is 1. The van der Waals surface area contributed by atoms with Gasteiger partial charge in [0.05, 0.1) is 12.7 Å². The predicted octanol–water partition coefficient (Wildman–Crippen LogP) is 4.66. The number of amides is 1. The molecule has 0 aliphatic rings. The van der Waals surface area contributed by atoms with E-state index in [4.69, 9.17) is 14.6 Å². The van der Waals surface area contributed by atoms with Crippen molar-refractivity contribution >= 4 is 23.6 Å². The van der Waals surface area contributed by atoms with Crippen LogP contribution in [0.15, 0.2) is 72.3 Å². The third-order valence-electron chi connectivity index (χ3n) is 4.56. The first-order valence-corrected chi connectivity index (χ1v) is 9.71. The van der Waals surface area contributed by atoms with Gasteiger partial charge in [0.2, 0.25) is 0 Å². The Hall–Kier alpha value is -4.64. The quantitative estimate of drug-likeness (QED) is 0.385. The Morgan fingerprint density at radius 3 is 2.36 bits per heavy atom. The molecule has 8 heteroatoms. The summed E-state index contributed by atoms with van der Waals surface area (Å²) in [5, 5.41) is 21.0. The van der Waals surface area contributed by atoms with E-state index in [1.54, 1.807) is 30.3 Å². The van der Waals surface area contributed by atoms with Crippen molar-refractivity contribution in [3.05, 3.63) is 94.8 Å². The predicted molar refractivity (Wildman–Crippen MR) is 119 cm³/mol. The van der Waals surface area contributed by atoms with Crippen molar-refractivity contribution in [1.82, 2.24) is 0 Å². The molecule has 0 aliphatic carbocycles. The molecular formula is C25H19FN2O5. The third-order valence-corrected chi connectivity index (χ3v) is 4.56. The summed E-state index contributed by atoms with van der Waals surface area (Å²) >= 11 is 0. The second-order valence-corrected chi connectivity index (χ2v) is 6.83. The van der Waals surface area contributed by atoms with Gasteiger partial charge in [-0.15, -0.1) is 0 Å². The number of nitriles is 1. The highest BCUT2D eigenvalue weighted by molar-refractivity contribution is 6.09. The number of ether oxygens (including phenoxy) is 2. The summed E-state index contributed by atoms with van der Waals surface area (Å²) in [4.78, 5) is 23.4. The van der Waals surface area contributed by atoms with E-state index in [0.717, 1.165) is 5.56 Å². The molecule has 1 amide bonds. The fraction of sp³-hybridized carbons (Fsp3) is 0.0800. The molecule has 0 radical (unpaired) electrons. The molecule has 0 aliphatic heterocycles. The highest BCUT2D eigenvalue weighted by Crippen LogP contribution is 2.30. The molecule has 0 aromatic heterocycles. The largest absolute Gasteiger partial charge is 0.493 e. The second-order valence-electron chi connectivity index (χ2n) is 6.83. The number of carbonyl (C=O) groups is 2. The van der Waals surface area contributed by atoms with Gasteiger partial charge in [0.1, 0.15) is 24.1 Å². The second kappa shape index (κ2) is 10.6. The zero-order chi connectivity index (χ0) is 23.8. The zero-order valence-corrected chi connectivity index (χ0v) is 17.5. The Bertz CT molecular complexity index is 1230. The topological polar surface area (TPSA) is 109 Å². The van der Waals surface area contributed by atoms with Crippen LogP contribution in [0.4, 0.5) is 10.1 Å². The fourth-order valence-electron chi connectivity index (χ4n) is 2.85. The Morgan fingerprint density at radius 2 is 1.76 bits per heavy atom. The molecule has 33 heavy (non-hydrogen) atoms. The summed E-state index contributed by atoms with van der Waals surface area (Å²) in [5.41, 5.74) is 1.55. The standard InChI is InChI=1S/C25H19FN2O5/c1-32-22-11-4-17(13-23(22)33-15-16-2-7-20(26)8-3-16)12-19(14-27)24(29)28-21-9-5-18(6-10-21)25(30)31/h2-13H,15H2,1H3,(H,28,29)(H,30,31). The lowest BCUT2D eigenvalue weighted by Crippen LogP contribution is -2.13. The van der Waals surface area contributed by atoms with Gasteiger partial charge in [-0.05, 0) is 65.7 Å². The van der Waals surface area contributed by atoms with Crippen LogP contribution in [0.25, 0.3) is 6.08 Å². The maximum absolute atomic E-state index is 13.1. The molecule has 0 saturated carbocycles. The first-order valence-electron chi connectivity index (χ1n) is 9.71. The molecule has 0 fully saturated rings. The molecule has 0 unspecified atom stereocenters. The number of hydrogen-bond acceptors (Lipinski definition) is 5. The molecule has 0 bridgehead atoms. The molecule has 0 saturated heterocycles. The van der Waals surface area contributed by atoms with E-state index in [0.29, 0.717) is 22.7 Å². The molecule has 0 spiro atoms. The van der Waals surface area contributed by atoms with Crippen LogP contribution >= 0.6 is 0 Å². The highest BCUT2D eigenvalue weighted by atomic mass is 19.1. The number of halogens is 1. The van der Waals surface area contributed by atoms with Crippen molar-refractivity contribution < 1.29 is 28.6 Å². The Labute approximate surface area is 189 Å². The minimum atomic E-state index is -1.08. The van der Waals surface area contributed by atoms with Crippen LogP contribution < -0.4 is 14.8 Å². The van der Waals surface area contributed by atoms with E-state index in [9.17, 15) is 19.2 Å². The lowest BCUT2D eigenvalue weighted by molar-refractivity contribution is -0.112. The highest BCUT2D eigenvalue weighted by Gasteiger charge is 2.12. The summed E-state index contributed by atoms with van der Waals surface area (Å²) in [5.74, 6) is -1.23. The van der Waals surface area contributed by atoms with Gasteiger partial charge in [0, 0.05) is 5.69 Å². The third kappa shape index (κ3) is 6.18. The lowest BCUT2D eigenvalue weighted by atomic mass is 10.1. The number of methoxy groups -OCH3 is 1. The number of nitrogens with zero attached hydrogens (tertiary/aromatic N) is 1. The molecule has 0 heterocycles. The summed E-state index contributed by atoms with van der Waals surface area (Å²) in [6.45, 7) is 0.168. The summed E-state index contributed by atoms with van der Waals surface area (Å²) in [7, 11) is 1.49. The number of nitrogens with one attached hydrogen (secondary N) is 1. The number of carboxylic acid groups (broad SMARTS) is 1. The van der Waals surface area contributed by atoms with Gasteiger partial charge >= 0.3 is 5.97 Å². The smallest absolute Gasteiger partial charge is 0.335 e. The van der Waals surface area contributed by atoms with Crippen LogP contribution in [0, 0.1) is 17.1 Å². The molecule has 166 valence electrons. The number of aromatic carboxylic acids is 1. The Kier molecular flexibility index (Phi) is 7.39. The number of rotatable bonds is 8. The Morgan fingerprint density at radius 1 is 1.06 bits per heavy atom. The van der Waals surface area contributed by atoms with Crippen LogP contribution in [0.3, 0.4) is 0 Å². The van der Waals surface area contributed by atoms with E-state index >= 15 is 0 Å². The maximum atomic E-state index is 13.1. The molecule has 3 rings (SSSR count). The number of carbonyl (C=O) groups excluding carboxylic acids is 1. The molecule has 2 N–H and O–H groups in total. The van der Waals surface area contributed by atoms with E-state index in [2.05, 4.69) is 5.32 Å². The number of hydrogen-bond donors (Lipinski definition) is 2. The van der Waals surface area contributed by atoms with Gasteiger partial charge in [-0.25, -0.2) is 9.18 Å². The first-order chi connectivity index (χ1) is 15.9. The monoisotopic (exact) mass is 446 g/mol. The van der Waals surface area contributed by atoms with Gasteiger partial charge < -0.3 is 19.9 Å². The van der Waals surface area contributed by atoms with Crippen LogP contribution in [0.5, 0.6) is 11.5 Å². The van der Waals surface area contributed by atoms with Crippen LogP contribution in [-0.2, 0) is 11.4 Å². The minimum Gasteiger partial charge on any atom is -0.493 e. The average molecular weight is 446 g/mol. The van der Waals surface area contributed by atoms with Crippen LogP contribution in [-0.4, -0.2) is 24.1 Å². The fourth-order valence-corrected chi connectivity index (χ4v) is 2.85. The SMILES string of the molecule is COc1ccc(C=C(C#N)C(=O)Nc2ccc(C(=O)O)cc2)cc1OCc1ccc(F)cc1. The molecule has 7 nitrogen and oxygen atoms in total. The molecule has 3 aromatic rings. The molecule has 0 atom stereocenters. The van der Waals surface area contributed by atoms with Crippen LogP contribution in [0.1, 0.15) is 21.5 Å². The molecule has 3 aromatic carbocycles. The number of anilines is 1. The van der Waals surface area contributed by atoms with Crippen molar-refractivity contribution in [3.63, 3.8) is 0 Å². The van der Waals surface area contributed by atoms with Gasteiger partial charge in [-0.3, -0.25) is 4.79 Å². The van der Waals surface area contributed by atoms with Crippen molar-refractivity contribution in [2.24, 2.45) is 0 Å². The maximum Gasteiger partial charge on any atom is 0.335 e. The van der Waals surface area contributed by atoms with E-state index in [1.807, 2.05) is 6.07 Å². The average Bonchev–Trinajstić information content (AvgIpc) is 2.82. The Balaban J connectivity index is 1.77. The van der Waals surface area contributed by atoms with Crippen molar-refractivity contribution in [3.8, 4) is 17.6 Å². The minimum absolute atomic E-state index is 0.0791. The number of benzene rings is 3. The zero-order valence-electron chi connectivity index (χ0n) is 17.5. The van der Waals surface area contributed by atoms with Crippen LogP contribution in [0.2, 0.25) is 0 Å². The lowest BCUT2D eigenvalue weighted by Gasteiger charge is -2.12. The van der Waals surface area contributed by atoms with E-state index < -0.39 is 11.9 Å². The van der Waals surface area contributed by atoms with Crippen molar-refractivity contribution in [2.75, 3.05) is 12.4 Å². The first kappa shape index (κ1) is 23.0. The normalized spacial score (nSPS) is 10.8.